The summed E-state index contributed by atoms with van der Waals surface area (Å²) in [6, 6.07) is 4.12. The minimum Gasteiger partial charge on any atom is -0.496 e. The van der Waals surface area contributed by atoms with Crippen LogP contribution < -0.4 is 10.1 Å². The minimum atomic E-state index is -0.102. The molecule has 1 amide bonds. The molecule has 0 bridgehead atoms. The molecule has 3 aromatic rings. The van der Waals surface area contributed by atoms with E-state index in [4.69, 9.17) is 9.72 Å². The molecule has 0 radical (unpaired) electrons. The summed E-state index contributed by atoms with van der Waals surface area (Å²) in [7, 11) is 1.68. The summed E-state index contributed by atoms with van der Waals surface area (Å²) >= 11 is 1.51. The Morgan fingerprint density at radius 1 is 1.29 bits per heavy atom. The number of nitrogens with zero attached hydrogens (tertiary/aromatic N) is 4. The molecule has 1 N–H and O–H groups in total. The number of fused-ring (bicyclic) bond motifs is 1. The Bertz CT molecular complexity index is 1040. The summed E-state index contributed by atoms with van der Waals surface area (Å²) in [6.07, 6.45) is 2.92. The van der Waals surface area contributed by atoms with Crippen molar-refractivity contribution in [2.75, 3.05) is 12.4 Å². The van der Waals surface area contributed by atoms with Crippen LogP contribution >= 0.6 is 11.3 Å². The third-order valence-electron chi connectivity index (χ3n) is 5.21. The van der Waals surface area contributed by atoms with Crippen molar-refractivity contribution in [1.82, 2.24) is 19.7 Å². The number of aryl methyl sites for hydroxylation is 4. The van der Waals surface area contributed by atoms with Crippen LogP contribution in [0.25, 0.3) is 11.3 Å². The third kappa shape index (κ3) is 3.40. The maximum Gasteiger partial charge on any atom is 0.229 e. The van der Waals surface area contributed by atoms with E-state index in [1.807, 2.05) is 31.5 Å². The Balaban J connectivity index is 1.54. The first-order valence-electron chi connectivity index (χ1n) is 9.27. The minimum absolute atomic E-state index is 0.00261. The van der Waals surface area contributed by atoms with Gasteiger partial charge in [-0.2, -0.15) is 5.10 Å². The number of anilines is 1. The number of carbonyl (C=O) groups excluding carboxylic acids is 1. The van der Waals surface area contributed by atoms with Crippen molar-refractivity contribution in [2.45, 2.75) is 40.2 Å². The predicted molar refractivity (Wildman–Crippen MR) is 109 cm³/mol. The Kier molecular flexibility index (Phi) is 4.89. The van der Waals surface area contributed by atoms with Crippen LogP contribution in [0.15, 0.2) is 18.5 Å². The van der Waals surface area contributed by atoms with Gasteiger partial charge in [-0.25, -0.2) is 9.97 Å². The molecular formula is C20H23N5O2S. The van der Waals surface area contributed by atoms with Crippen molar-refractivity contribution >= 4 is 22.4 Å². The Labute approximate surface area is 167 Å². The summed E-state index contributed by atoms with van der Waals surface area (Å²) in [5.41, 5.74) is 4.14. The fourth-order valence-electron chi connectivity index (χ4n) is 3.63. The lowest BCUT2D eigenvalue weighted by Crippen LogP contribution is -2.30. The molecule has 3 heterocycles. The van der Waals surface area contributed by atoms with Gasteiger partial charge in [-0.3, -0.25) is 9.48 Å². The second-order valence-electron chi connectivity index (χ2n) is 7.14. The molecule has 1 unspecified atom stereocenters. The fourth-order valence-corrected chi connectivity index (χ4v) is 4.46. The first kappa shape index (κ1) is 18.6. The molecule has 0 spiro atoms. The first-order chi connectivity index (χ1) is 13.5. The smallest absolute Gasteiger partial charge is 0.229 e. The van der Waals surface area contributed by atoms with Crippen LogP contribution in [0.1, 0.15) is 28.2 Å². The Hall–Kier alpha value is -2.74. The molecule has 1 aromatic carbocycles. The zero-order chi connectivity index (χ0) is 19.8. The van der Waals surface area contributed by atoms with Crippen molar-refractivity contribution in [1.29, 1.82) is 0 Å². The zero-order valence-corrected chi connectivity index (χ0v) is 17.3. The van der Waals surface area contributed by atoms with Gasteiger partial charge in [-0.1, -0.05) is 0 Å². The van der Waals surface area contributed by atoms with Crippen LogP contribution in [0.4, 0.5) is 5.13 Å². The van der Waals surface area contributed by atoms with Gasteiger partial charge in [0.1, 0.15) is 17.9 Å². The molecule has 0 fully saturated rings. The number of amides is 1. The second kappa shape index (κ2) is 7.35. The predicted octanol–water partition coefficient (Wildman–Crippen LogP) is 3.54. The number of aromatic nitrogens is 4. The van der Waals surface area contributed by atoms with E-state index >= 15 is 0 Å². The molecule has 7 nitrogen and oxygen atoms in total. The number of nitrogens with one attached hydrogen (secondary N) is 1. The molecule has 28 heavy (non-hydrogen) atoms. The van der Waals surface area contributed by atoms with E-state index in [1.165, 1.54) is 11.3 Å². The van der Waals surface area contributed by atoms with Gasteiger partial charge in [-0.15, -0.1) is 11.3 Å². The van der Waals surface area contributed by atoms with Crippen LogP contribution in [0.5, 0.6) is 5.75 Å². The summed E-state index contributed by atoms with van der Waals surface area (Å²) in [4.78, 5) is 22.8. The van der Waals surface area contributed by atoms with Gasteiger partial charge in [0.15, 0.2) is 5.13 Å². The monoisotopic (exact) mass is 397 g/mol. The quantitative estimate of drug-likeness (QED) is 0.728. The van der Waals surface area contributed by atoms with E-state index in [9.17, 15) is 4.79 Å². The van der Waals surface area contributed by atoms with Crippen LogP contribution in [0, 0.1) is 26.7 Å². The summed E-state index contributed by atoms with van der Waals surface area (Å²) < 4.78 is 7.27. The van der Waals surface area contributed by atoms with Crippen LogP contribution in [0.2, 0.25) is 0 Å². The standard InChI is InChI=1S/C20H23N5O2S/c1-11-8-16(27-4)12(2)7-15(11)18-13(3)28-20(23-18)24-19(26)14-5-6-25-17(9-14)21-10-22-25/h7-8,10,14H,5-6,9H2,1-4H3,(H,23,24,26). The third-order valence-corrected chi connectivity index (χ3v) is 6.09. The van der Waals surface area contributed by atoms with Gasteiger partial charge in [0.2, 0.25) is 5.91 Å². The number of hydrogen-bond acceptors (Lipinski definition) is 6. The number of thiazole rings is 1. The number of benzene rings is 1. The lowest BCUT2D eigenvalue weighted by atomic mass is 9.97. The van der Waals surface area contributed by atoms with Crippen molar-refractivity contribution in [3.05, 3.63) is 40.3 Å². The molecule has 0 saturated heterocycles. The normalized spacial score (nSPS) is 15.9. The van der Waals surface area contributed by atoms with Crippen LogP contribution in [-0.4, -0.2) is 32.8 Å². The van der Waals surface area contributed by atoms with Gasteiger partial charge in [-0.05, 0) is 50.5 Å². The lowest BCUT2D eigenvalue weighted by molar-refractivity contribution is -0.120. The van der Waals surface area contributed by atoms with E-state index in [2.05, 4.69) is 21.5 Å². The van der Waals surface area contributed by atoms with Gasteiger partial charge >= 0.3 is 0 Å². The average Bonchev–Trinajstić information content (AvgIpc) is 3.28. The highest BCUT2D eigenvalue weighted by Gasteiger charge is 2.27. The molecule has 8 heteroatoms. The highest BCUT2D eigenvalue weighted by Crippen LogP contribution is 2.35. The Morgan fingerprint density at radius 3 is 2.89 bits per heavy atom. The van der Waals surface area contributed by atoms with Gasteiger partial charge < -0.3 is 10.1 Å². The second-order valence-corrected chi connectivity index (χ2v) is 8.34. The van der Waals surface area contributed by atoms with E-state index in [1.54, 1.807) is 13.4 Å². The molecule has 0 aliphatic carbocycles. The number of hydrogen-bond donors (Lipinski definition) is 1. The van der Waals surface area contributed by atoms with Gasteiger partial charge in [0, 0.05) is 29.3 Å². The van der Waals surface area contributed by atoms with E-state index in [-0.39, 0.29) is 11.8 Å². The summed E-state index contributed by atoms with van der Waals surface area (Å²) in [6.45, 7) is 6.82. The molecular weight excluding hydrogens is 374 g/mol. The average molecular weight is 398 g/mol. The molecule has 1 aliphatic rings. The molecule has 146 valence electrons. The Morgan fingerprint density at radius 2 is 2.11 bits per heavy atom. The molecule has 1 atom stereocenters. The van der Waals surface area contributed by atoms with Crippen molar-refractivity contribution < 1.29 is 9.53 Å². The maximum atomic E-state index is 12.7. The SMILES string of the molecule is COc1cc(C)c(-c2nc(NC(=O)C3CCn4ncnc4C3)sc2C)cc1C. The number of methoxy groups -OCH3 is 1. The summed E-state index contributed by atoms with van der Waals surface area (Å²) in [5.74, 6) is 1.63. The summed E-state index contributed by atoms with van der Waals surface area (Å²) in [5, 5.41) is 7.81. The topological polar surface area (TPSA) is 81.9 Å². The highest BCUT2D eigenvalue weighted by atomic mass is 32.1. The highest BCUT2D eigenvalue weighted by molar-refractivity contribution is 7.16. The van der Waals surface area contributed by atoms with Crippen LogP contribution in [0.3, 0.4) is 0 Å². The largest absolute Gasteiger partial charge is 0.496 e. The number of carbonyl (C=O) groups is 1. The fraction of sp³-hybridized carbons (Fsp3) is 0.400. The zero-order valence-electron chi connectivity index (χ0n) is 16.4. The lowest BCUT2D eigenvalue weighted by Gasteiger charge is -2.20. The van der Waals surface area contributed by atoms with Crippen molar-refractivity contribution in [2.24, 2.45) is 5.92 Å². The molecule has 2 aromatic heterocycles. The first-order valence-corrected chi connectivity index (χ1v) is 10.1. The molecule has 0 saturated carbocycles. The maximum absolute atomic E-state index is 12.7. The molecule has 4 rings (SSSR count). The van der Waals surface area contributed by atoms with E-state index in [0.717, 1.165) is 51.8 Å². The van der Waals surface area contributed by atoms with Gasteiger partial charge in [0.05, 0.1) is 12.8 Å². The molecule has 1 aliphatic heterocycles. The van der Waals surface area contributed by atoms with Crippen LogP contribution in [-0.2, 0) is 17.8 Å². The number of rotatable bonds is 4. The van der Waals surface area contributed by atoms with E-state index < -0.39 is 0 Å². The van der Waals surface area contributed by atoms with Crippen molar-refractivity contribution in [3.8, 4) is 17.0 Å². The van der Waals surface area contributed by atoms with E-state index in [0.29, 0.717) is 11.6 Å². The van der Waals surface area contributed by atoms with Crippen molar-refractivity contribution in [3.63, 3.8) is 0 Å². The van der Waals surface area contributed by atoms with Gasteiger partial charge in [0.25, 0.3) is 0 Å². The number of ether oxygens (including phenoxy) is 1.